The maximum atomic E-state index is 12.9. The Kier molecular flexibility index (Phi) is 7.29. The van der Waals surface area contributed by atoms with E-state index in [1.165, 1.54) is 12.1 Å². The summed E-state index contributed by atoms with van der Waals surface area (Å²) in [4.78, 5) is 6.96. The summed E-state index contributed by atoms with van der Waals surface area (Å²) < 4.78 is 44.2. The van der Waals surface area contributed by atoms with Crippen molar-refractivity contribution in [1.29, 1.82) is 5.26 Å². The molecule has 1 fully saturated rings. The standard InChI is InChI=1S/C27H24F3N3O/c28-27(29,30)23-10-6-22(7-11-23)26(19-31)32-25(18-20-4-2-1-3-5-20)21-8-12-24(13-9-21)33-14-16-34-17-15-33/h1-13,25H,14-18H2/b32-26+/t25-/m1/s1. The van der Waals surface area contributed by atoms with Gasteiger partial charge in [-0.3, -0.25) is 4.99 Å². The van der Waals surface area contributed by atoms with Gasteiger partial charge in [0.05, 0.1) is 24.8 Å². The van der Waals surface area contributed by atoms with Gasteiger partial charge >= 0.3 is 6.18 Å². The summed E-state index contributed by atoms with van der Waals surface area (Å²) >= 11 is 0. The van der Waals surface area contributed by atoms with Crippen LogP contribution in [0.2, 0.25) is 0 Å². The number of anilines is 1. The molecule has 0 N–H and O–H groups in total. The van der Waals surface area contributed by atoms with E-state index >= 15 is 0 Å². The maximum absolute atomic E-state index is 12.9. The summed E-state index contributed by atoms with van der Waals surface area (Å²) in [7, 11) is 0. The first kappa shape index (κ1) is 23.5. The lowest BCUT2D eigenvalue weighted by molar-refractivity contribution is -0.137. The van der Waals surface area contributed by atoms with Gasteiger partial charge in [-0.05, 0) is 41.8 Å². The highest BCUT2D eigenvalue weighted by Crippen LogP contribution is 2.30. The molecule has 1 aliphatic heterocycles. The van der Waals surface area contributed by atoms with Gasteiger partial charge < -0.3 is 9.64 Å². The lowest BCUT2D eigenvalue weighted by Crippen LogP contribution is -2.36. The molecule has 7 heteroatoms. The van der Waals surface area contributed by atoms with Crippen molar-refractivity contribution >= 4 is 11.4 Å². The normalized spacial score (nSPS) is 15.6. The quantitative estimate of drug-likeness (QED) is 0.432. The number of benzene rings is 3. The lowest BCUT2D eigenvalue weighted by atomic mass is 9.98. The van der Waals surface area contributed by atoms with E-state index in [4.69, 9.17) is 9.73 Å². The van der Waals surface area contributed by atoms with Crippen LogP contribution in [0.15, 0.2) is 83.9 Å². The number of rotatable bonds is 6. The van der Waals surface area contributed by atoms with Gasteiger partial charge in [0.25, 0.3) is 0 Å². The molecule has 0 aliphatic carbocycles. The van der Waals surface area contributed by atoms with Gasteiger partial charge in [-0.15, -0.1) is 0 Å². The maximum Gasteiger partial charge on any atom is 0.416 e. The predicted octanol–water partition coefficient (Wildman–Crippen LogP) is 5.84. The van der Waals surface area contributed by atoms with Gasteiger partial charge in [0.1, 0.15) is 11.8 Å². The summed E-state index contributed by atoms with van der Waals surface area (Å²) in [6.45, 7) is 3.05. The fourth-order valence-electron chi connectivity index (χ4n) is 3.95. The number of hydrogen-bond donors (Lipinski definition) is 0. The zero-order valence-electron chi connectivity index (χ0n) is 18.5. The largest absolute Gasteiger partial charge is 0.416 e. The molecule has 0 spiro atoms. The van der Waals surface area contributed by atoms with E-state index in [0.29, 0.717) is 25.2 Å². The van der Waals surface area contributed by atoms with E-state index < -0.39 is 11.7 Å². The van der Waals surface area contributed by atoms with E-state index in [-0.39, 0.29) is 11.8 Å². The Morgan fingerprint density at radius 1 is 0.941 bits per heavy atom. The number of alkyl halides is 3. The van der Waals surface area contributed by atoms with Gasteiger partial charge in [0, 0.05) is 24.3 Å². The molecule has 0 radical (unpaired) electrons. The first-order valence-electron chi connectivity index (χ1n) is 11.1. The van der Waals surface area contributed by atoms with Crippen LogP contribution in [0, 0.1) is 11.3 Å². The fourth-order valence-corrected chi connectivity index (χ4v) is 3.95. The topological polar surface area (TPSA) is 48.6 Å². The average molecular weight is 464 g/mol. The van der Waals surface area contributed by atoms with Crippen LogP contribution < -0.4 is 4.90 Å². The van der Waals surface area contributed by atoms with Crippen molar-refractivity contribution in [2.75, 3.05) is 31.2 Å². The first-order chi connectivity index (χ1) is 16.4. The molecule has 1 heterocycles. The van der Waals surface area contributed by atoms with Crippen molar-refractivity contribution in [3.05, 3.63) is 101 Å². The second kappa shape index (κ2) is 10.5. The number of halogens is 3. The van der Waals surface area contributed by atoms with Crippen molar-refractivity contribution in [1.82, 2.24) is 0 Å². The Hall–Kier alpha value is -3.63. The highest BCUT2D eigenvalue weighted by molar-refractivity contribution is 6.11. The third-order valence-corrected chi connectivity index (χ3v) is 5.80. The SMILES string of the molecule is N#C/C(=N\[C@H](Cc1ccccc1)c1ccc(N2CCOCC2)cc1)c1ccc(C(F)(F)F)cc1. The van der Waals surface area contributed by atoms with Crippen LogP contribution in [0.3, 0.4) is 0 Å². The summed E-state index contributed by atoms with van der Waals surface area (Å²) in [5, 5.41) is 9.76. The molecule has 0 unspecified atom stereocenters. The van der Waals surface area contributed by atoms with Crippen LogP contribution in [0.4, 0.5) is 18.9 Å². The zero-order valence-corrected chi connectivity index (χ0v) is 18.5. The molecule has 1 saturated heterocycles. The van der Waals surface area contributed by atoms with E-state index in [2.05, 4.69) is 11.0 Å². The molecule has 34 heavy (non-hydrogen) atoms. The van der Waals surface area contributed by atoms with Gasteiger partial charge in [0.15, 0.2) is 0 Å². The number of aliphatic imine (C=N–C) groups is 1. The monoisotopic (exact) mass is 463 g/mol. The fraction of sp³-hybridized carbons (Fsp3) is 0.259. The third-order valence-electron chi connectivity index (χ3n) is 5.80. The minimum Gasteiger partial charge on any atom is -0.378 e. The average Bonchev–Trinajstić information content (AvgIpc) is 2.87. The minimum absolute atomic E-state index is 0.104. The van der Waals surface area contributed by atoms with Crippen LogP contribution >= 0.6 is 0 Å². The molecule has 0 bridgehead atoms. The van der Waals surface area contributed by atoms with Crippen LogP contribution in [-0.4, -0.2) is 32.0 Å². The van der Waals surface area contributed by atoms with Crippen molar-refractivity contribution in [3.8, 4) is 6.07 Å². The Bertz CT molecular complexity index is 1140. The predicted molar refractivity (Wildman–Crippen MR) is 126 cm³/mol. The van der Waals surface area contributed by atoms with E-state index in [1.807, 2.05) is 54.6 Å². The molecule has 174 valence electrons. The molecule has 3 aromatic rings. The van der Waals surface area contributed by atoms with Gasteiger partial charge in [-0.2, -0.15) is 18.4 Å². The molecule has 1 aliphatic rings. The summed E-state index contributed by atoms with van der Waals surface area (Å²) in [5.41, 5.74) is 2.79. The number of nitriles is 1. The Morgan fingerprint density at radius 3 is 2.18 bits per heavy atom. The zero-order chi connectivity index (χ0) is 24.0. The van der Waals surface area contributed by atoms with Gasteiger partial charge in [-0.25, -0.2) is 0 Å². The number of nitrogens with zero attached hydrogens (tertiary/aromatic N) is 3. The number of hydrogen-bond acceptors (Lipinski definition) is 4. The molecule has 0 aromatic heterocycles. The Morgan fingerprint density at radius 2 is 1.59 bits per heavy atom. The summed E-state index contributed by atoms with van der Waals surface area (Å²) in [6, 6.07) is 24.2. The smallest absolute Gasteiger partial charge is 0.378 e. The highest BCUT2D eigenvalue weighted by Gasteiger charge is 2.30. The number of ether oxygens (including phenoxy) is 1. The van der Waals surface area contributed by atoms with Crippen LogP contribution in [0.25, 0.3) is 0 Å². The molecule has 0 amide bonds. The minimum atomic E-state index is -4.43. The van der Waals surface area contributed by atoms with Crippen molar-refractivity contribution in [2.24, 2.45) is 4.99 Å². The lowest BCUT2D eigenvalue weighted by Gasteiger charge is -2.29. The third kappa shape index (κ3) is 5.83. The van der Waals surface area contributed by atoms with Crippen molar-refractivity contribution in [2.45, 2.75) is 18.6 Å². The Labute approximate surface area is 196 Å². The second-order valence-corrected chi connectivity index (χ2v) is 8.06. The van der Waals surface area contributed by atoms with Gasteiger partial charge in [0.2, 0.25) is 0 Å². The van der Waals surface area contributed by atoms with Crippen LogP contribution in [0.5, 0.6) is 0 Å². The summed E-state index contributed by atoms with van der Waals surface area (Å²) in [5.74, 6) is 0. The Balaban J connectivity index is 1.65. The van der Waals surface area contributed by atoms with Gasteiger partial charge in [-0.1, -0.05) is 54.6 Å². The molecule has 4 nitrogen and oxygen atoms in total. The van der Waals surface area contributed by atoms with E-state index in [1.54, 1.807) is 0 Å². The molecule has 4 rings (SSSR count). The van der Waals surface area contributed by atoms with Crippen molar-refractivity contribution < 1.29 is 17.9 Å². The molecular formula is C27H24F3N3O. The van der Waals surface area contributed by atoms with Crippen LogP contribution in [-0.2, 0) is 17.3 Å². The van der Waals surface area contributed by atoms with Crippen molar-refractivity contribution in [3.63, 3.8) is 0 Å². The van der Waals surface area contributed by atoms with E-state index in [0.717, 1.165) is 42.0 Å². The van der Waals surface area contributed by atoms with E-state index in [9.17, 15) is 18.4 Å². The molecule has 0 saturated carbocycles. The molecule has 1 atom stereocenters. The first-order valence-corrected chi connectivity index (χ1v) is 11.1. The highest BCUT2D eigenvalue weighted by atomic mass is 19.4. The molecule has 3 aromatic carbocycles. The second-order valence-electron chi connectivity index (χ2n) is 8.06. The number of morpholine rings is 1. The summed E-state index contributed by atoms with van der Waals surface area (Å²) in [6.07, 6.45) is -3.87. The van der Waals surface area contributed by atoms with Crippen LogP contribution in [0.1, 0.15) is 28.3 Å². The molecular weight excluding hydrogens is 439 g/mol.